The second-order valence-electron chi connectivity index (χ2n) is 11.5. The summed E-state index contributed by atoms with van der Waals surface area (Å²) in [4.78, 5) is 42.5. The van der Waals surface area contributed by atoms with Crippen molar-refractivity contribution in [2.24, 2.45) is 0 Å². The summed E-state index contributed by atoms with van der Waals surface area (Å²) in [6.07, 6.45) is 36.9. The van der Waals surface area contributed by atoms with Crippen molar-refractivity contribution in [3.05, 3.63) is 48.6 Å². The molecule has 0 aromatic carbocycles. The van der Waals surface area contributed by atoms with E-state index in [1.807, 2.05) is 0 Å². The fourth-order valence-electron chi connectivity index (χ4n) is 4.43. The molecule has 260 valence electrons. The summed E-state index contributed by atoms with van der Waals surface area (Å²) in [6.45, 7) is 3.56. The molecule has 0 unspecified atom stereocenters. The molecule has 0 bridgehead atoms. The molecule has 0 rings (SSSR count). The van der Waals surface area contributed by atoms with Crippen molar-refractivity contribution in [2.75, 3.05) is 13.2 Å². The molecule has 2 N–H and O–H groups in total. The lowest BCUT2D eigenvalue weighted by Crippen LogP contribution is -2.29. The molecular weight excluding hydrogens is 591 g/mol. The van der Waals surface area contributed by atoms with E-state index in [1.54, 1.807) is 0 Å². The predicted molar refractivity (Wildman–Crippen MR) is 184 cm³/mol. The number of esters is 2. The maximum atomic E-state index is 12.3. The first-order valence-corrected chi connectivity index (χ1v) is 19.0. The minimum absolute atomic E-state index is 0.192. The minimum atomic E-state index is -4.76. The van der Waals surface area contributed by atoms with Crippen LogP contribution in [-0.4, -0.2) is 41.0 Å². The summed E-state index contributed by atoms with van der Waals surface area (Å²) >= 11 is 0. The molecule has 0 aromatic rings. The Hall–Kier alpha value is -1.99. The summed E-state index contributed by atoms with van der Waals surface area (Å²) in [7, 11) is -4.76. The first-order chi connectivity index (χ1) is 21.8. The number of hydrogen-bond donors (Lipinski definition) is 2. The molecule has 0 fully saturated rings. The van der Waals surface area contributed by atoms with Gasteiger partial charge in [0.1, 0.15) is 6.61 Å². The number of carbonyl (C=O) groups is 2. The van der Waals surface area contributed by atoms with Gasteiger partial charge < -0.3 is 19.3 Å². The third kappa shape index (κ3) is 34.7. The van der Waals surface area contributed by atoms with E-state index in [1.165, 1.54) is 38.5 Å². The smallest absolute Gasteiger partial charge is 0.462 e. The van der Waals surface area contributed by atoms with E-state index in [0.717, 1.165) is 70.6 Å². The Balaban J connectivity index is 4.10. The number of allylic oxidation sites excluding steroid dienone is 8. The second kappa shape index (κ2) is 32.0. The monoisotopic (exact) mass is 654 g/mol. The highest BCUT2D eigenvalue weighted by atomic mass is 31.2. The summed E-state index contributed by atoms with van der Waals surface area (Å²) < 4.78 is 26.2. The molecule has 0 saturated carbocycles. The molecule has 0 radical (unpaired) electrons. The first kappa shape index (κ1) is 43.0. The van der Waals surface area contributed by atoms with Crippen molar-refractivity contribution in [3.63, 3.8) is 0 Å². The Morgan fingerprint density at radius 1 is 0.578 bits per heavy atom. The number of carbonyl (C=O) groups excluding carboxylic acids is 2. The van der Waals surface area contributed by atoms with Crippen LogP contribution in [0.1, 0.15) is 149 Å². The van der Waals surface area contributed by atoms with Crippen LogP contribution in [0.4, 0.5) is 0 Å². The molecular formula is C36H63O8P. The standard InChI is InChI=1S/C36H63O8P/c1-3-5-7-9-11-13-15-17-18-19-21-22-24-26-28-30-35(37)42-32-34(33-43-45(39,40)41)44-36(38)31-29-27-25-23-20-16-14-12-10-8-6-4-2/h11-14,17-18,21-22,34H,3-10,15-16,19-20,23-33H2,1-2H3,(H2,39,40,41)/b13-11-,14-12-,18-17-,22-21-/t34-/m1/s1. The van der Waals surface area contributed by atoms with E-state index < -0.39 is 32.5 Å². The maximum Gasteiger partial charge on any atom is 0.469 e. The minimum Gasteiger partial charge on any atom is -0.462 e. The Labute approximate surface area is 274 Å². The van der Waals surface area contributed by atoms with E-state index in [-0.39, 0.29) is 19.4 Å². The van der Waals surface area contributed by atoms with Gasteiger partial charge in [0.25, 0.3) is 0 Å². The summed E-state index contributed by atoms with van der Waals surface area (Å²) in [5, 5.41) is 0. The van der Waals surface area contributed by atoms with E-state index in [9.17, 15) is 14.2 Å². The zero-order valence-corrected chi connectivity index (χ0v) is 29.1. The molecule has 0 aromatic heterocycles. The van der Waals surface area contributed by atoms with E-state index in [4.69, 9.17) is 19.3 Å². The normalized spacial score (nSPS) is 13.1. The Morgan fingerprint density at radius 2 is 1.00 bits per heavy atom. The lowest BCUT2D eigenvalue weighted by atomic mass is 10.1. The quantitative estimate of drug-likeness (QED) is 0.0328. The molecule has 0 amide bonds. The highest BCUT2D eigenvalue weighted by molar-refractivity contribution is 7.46. The van der Waals surface area contributed by atoms with Gasteiger partial charge in [-0.15, -0.1) is 0 Å². The molecule has 45 heavy (non-hydrogen) atoms. The average molecular weight is 655 g/mol. The van der Waals surface area contributed by atoms with Gasteiger partial charge in [-0.2, -0.15) is 0 Å². The van der Waals surface area contributed by atoms with Crippen molar-refractivity contribution in [3.8, 4) is 0 Å². The number of phosphoric ester groups is 1. The van der Waals surface area contributed by atoms with Crippen LogP contribution < -0.4 is 0 Å². The summed E-state index contributed by atoms with van der Waals surface area (Å²) in [5.74, 6) is -0.946. The van der Waals surface area contributed by atoms with Crippen LogP contribution in [0.2, 0.25) is 0 Å². The highest BCUT2D eigenvalue weighted by Crippen LogP contribution is 2.35. The fraction of sp³-hybridized carbons (Fsp3) is 0.722. The van der Waals surface area contributed by atoms with Crippen molar-refractivity contribution in [1.82, 2.24) is 0 Å². The van der Waals surface area contributed by atoms with Crippen molar-refractivity contribution in [2.45, 2.75) is 155 Å². The SMILES string of the molecule is CCCCC/C=C\C/C=C\C/C=C\CCCCC(=O)OC[C@H](COP(=O)(O)O)OC(=O)CCCCCCC/C=C\CCCCC. The third-order valence-electron chi connectivity index (χ3n) is 7.07. The first-order valence-electron chi connectivity index (χ1n) is 17.4. The Morgan fingerprint density at radius 3 is 1.56 bits per heavy atom. The largest absolute Gasteiger partial charge is 0.469 e. The van der Waals surface area contributed by atoms with Crippen LogP contribution in [0, 0.1) is 0 Å². The zero-order valence-electron chi connectivity index (χ0n) is 28.3. The molecule has 0 aliphatic rings. The number of hydrogen-bond acceptors (Lipinski definition) is 6. The molecule has 8 nitrogen and oxygen atoms in total. The van der Waals surface area contributed by atoms with Crippen LogP contribution >= 0.6 is 7.82 Å². The number of rotatable bonds is 31. The summed E-state index contributed by atoms with van der Waals surface area (Å²) in [5.41, 5.74) is 0. The molecule has 9 heteroatoms. The molecule has 0 aliphatic heterocycles. The fourth-order valence-corrected chi connectivity index (χ4v) is 4.79. The Bertz CT molecular complexity index is 874. The van der Waals surface area contributed by atoms with Crippen molar-refractivity contribution < 1.29 is 37.9 Å². The second-order valence-corrected chi connectivity index (χ2v) is 12.7. The number of unbranched alkanes of at least 4 members (excludes halogenated alkanes) is 13. The molecule has 0 saturated heterocycles. The van der Waals surface area contributed by atoms with Gasteiger partial charge in [-0.3, -0.25) is 14.1 Å². The lowest BCUT2D eigenvalue weighted by molar-refractivity contribution is -0.161. The molecule has 0 aliphatic carbocycles. The van der Waals surface area contributed by atoms with Crippen molar-refractivity contribution >= 4 is 19.8 Å². The lowest BCUT2D eigenvalue weighted by Gasteiger charge is -2.18. The Kier molecular flexibility index (Phi) is 30.6. The average Bonchev–Trinajstić information content (AvgIpc) is 3.00. The van der Waals surface area contributed by atoms with Gasteiger partial charge in [-0.1, -0.05) is 107 Å². The number of phosphoric acid groups is 1. The van der Waals surface area contributed by atoms with Gasteiger partial charge in [0, 0.05) is 12.8 Å². The van der Waals surface area contributed by atoms with Crippen LogP contribution in [0.25, 0.3) is 0 Å². The predicted octanol–water partition coefficient (Wildman–Crippen LogP) is 10.0. The van der Waals surface area contributed by atoms with Crippen LogP contribution in [0.15, 0.2) is 48.6 Å². The summed E-state index contributed by atoms with van der Waals surface area (Å²) in [6, 6.07) is 0. The molecule has 0 spiro atoms. The van der Waals surface area contributed by atoms with Crippen LogP contribution in [-0.2, 0) is 28.2 Å². The van der Waals surface area contributed by atoms with Gasteiger partial charge in [0.05, 0.1) is 6.61 Å². The number of ether oxygens (including phenoxy) is 2. The van der Waals surface area contributed by atoms with E-state index in [2.05, 4.69) is 67.0 Å². The molecule has 1 atom stereocenters. The third-order valence-corrected chi connectivity index (χ3v) is 7.56. The van der Waals surface area contributed by atoms with Gasteiger partial charge >= 0.3 is 19.8 Å². The highest BCUT2D eigenvalue weighted by Gasteiger charge is 2.22. The maximum absolute atomic E-state index is 12.3. The van der Waals surface area contributed by atoms with E-state index >= 15 is 0 Å². The van der Waals surface area contributed by atoms with Crippen molar-refractivity contribution in [1.29, 1.82) is 0 Å². The van der Waals surface area contributed by atoms with Gasteiger partial charge in [-0.05, 0) is 77.0 Å². The van der Waals surface area contributed by atoms with Crippen LogP contribution in [0.5, 0.6) is 0 Å². The topological polar surface area (TPSA) is 119 Å². The molecule has 0 heterocycles. The van der Waals surface area contributed by atoms with Crippen LogP contribution in [0.3, 0.4) is 0 Å². The zero-order chi connectivity index (χ0) is 33.3. The van der Waals surface area contributed by atoms with Gasteiger partial charge in [0.15, 0.2) is 6.10 Å². The van der Waals surface area contributed by atoms with Gasteiger partial charge in [0.2, 0.25) is 0 Å². The van der Waals surface area contributed by atoms with Gasteiger partial charge in [-0.25, -0.2) is 4.57 Å². The van der Waals surface area contributed by atoms with E-state index in [0.29, 0.717) is 12.8 Å².